The summed E-state index contributed by atoms with van der Waals surface area (Å²) in [5, 5.41) is 0. The molecule has 0 fully saturated rings. The summed E-state index contributed by atoms with van der Waals surface area (Å²) in [7, 11) is 0. The van der Waals surface area contributed by atoms with Crippen LogP contribution in [0.15, 0.2) is 0 Å². The Morgan fingerprint density at radius 1 is 0.750 bits per heavy atom. The van der Waals surface area contributed by atoms with Crippen LogP contribution in [0.4, 0.5) is 0 Å². The summed E-state index contributed by atoms with van der Waals surface area (Å²) in [6.45, 7) is 0. The maximum atomic E-state index is 0. The molecule has 4 heavy (non-hydrogen) atoms. The van der Waals surface area contributed by atoms with Crippen LogP contribution in [0.1, 0.15) is 0 Å². The van der Waals surface area contributed by atoms with Gasteiger partial charge >= 0.3 is 83.8 Å². The van der Waals surface area contributed by atoms with E-state index in [-0.39, 0.29) is 101 Å². The van der Waals surface area contributed by atoms with Gasteiger partial charge in [-0.25, -0.2) is 0 Å². The van der Waals surface area contributed by atoms with Crippen molar-refractivity contribution in [2.45, 2.75) is 0 Å². The Labute approximate surface area is 98.9 Å². The van der Waals surface area contributed by atoms with Gasteiger partial charge in [0.1, 0.15) is 0 Å². The first-order chi connectivity index (χ1) is 0. The molecule has 0 saturated heterocycles. The van der Waals surface area contributed by atoms with Crippen LogP contribution in [-0.4, -0.2) is 101 Å². The second kappa shape index (κ2) is 16.2. The second-order valence-corrected chi connectivity index (χ2v) is 0. The zero-order valence-corrected chi connectivity index (χ0v) is 0. The summed E-state index contributed by atoms with van der Waals surface area (Å²) in [4.78, 5) is 0. The third kappa shape index (κ3) is 9.01. The minimum absolute atomic E-state index is 0. The third-order valence-electron chi connectivity index (χ3n) is 0. The van der Waals surface area contributed by atoms with E-state index in [0.717, 1.165) is 0 Å². The molecule has 0 saturated carbocycles. The van der Waals surface area contributed by atoms with E-state index in [0.29, 0.717) is 0 Å². The summed E-state index contributed by atoms with van der Waals surface area (Å²) in [6.07, 6.45) is 0. The van der Waals surface area contributed by atoms with Crippen LogP contribution in [-0.2, 0) is 0 Å². The fourth-order valence-corrected chi connectivity index (χ4v) is 0. The smallest absolute Gasteiger partial charge is 0.316 e. The van der Waals surface area contributed by atoms with E-state index in [9.17, 15) is 0 Å². The molecule has 0 spiro atoms. The minimum atomic E-state index is 0. The molecule has 0 heterocycles. The van der Waals surface area contributed by atoms with Gasteiger partial charge in [0.15, 0.2) is 17.4 Å². The van der Waals surface area contributed by atoms with Crippen LogP contribution in [0.3, 0.4) is 0 Å². The van der Waals surface area contributed by atoms with Crippen LogP contribution in [0.2, 0.25) is 0 Å². The van der Waals surface area contributed by atoms with Gasteiger partial charge in [0, 0.05) is 0 Å². The molecule has 0 amide bonds. The molecule has 0 aliphatic heterocycles. The first-order valence-electron chi connectivity index (χ1n) is 0. The third-order valence-corrected chi connectivity index (χ3v) is 0. The molecule has 0 radical (unpaired) electrons. The molecule has 0 nitrogen and oxygen atoms in total. The molecule has 0 aliphatic carbocycles. The maximum Gasteiger partial charge on any atom is 0.316 e. The Morgan fingerprint density at radius 3 is 0.750 bits per heavy atom. The normalized spacial score (nSPS) is 0. The molecule has 0 bridgehead atoms. The molecule has 4 heteroatoms. The summed E-state index contributed by atoms with van der Waals surface area (Å²) in [5.74, 6) is 0. The van der Waals surface area contributed by atoms with Crippen molar-refractivity contribution in [1.82, 2.24) is 0 Å². The molecule has 0 atom stereocenters. The zero-order chi connectivity index (χ0) is 0. The Balaban J connectivity index is 0. The summed E-state index contributed by atoms with van der Waals surface area (Å²) in [5.41, 5.74) is 0. The van der Waals surface area contributed by atoms with Crippen molar-refractivity contribution in [2.75, 3.05) is 0 Å². The van der Waals surface area contributed by atoms with Crippen molar-refractivity contribution in [3.63, 3.8) is 0 Å². The molecule has 0 aromatic rings. The maximum absolute atomic E-state index is 0. The quantitative estimate of drug-likeness (QED) is 0.290. The van der Waals surface area contributed by atoms with Crippen LogP contribution < -0.4 is 0 Å². The molecular formula is H9AlCaMg2. The molecular weight excluding hydrogens is 116 g/mol. The predicted molar refractivity (Wildman–Crippen MR) is 35.6 cm³/mol. The summed E-state index contributed by atoms with van der Waals surface area (Å²) in [6, 6.07) is 0. The van der Waals surface area contributed by atoms with E-state index in [2.05, 4.69) is 0 Å². The van der Waals surface area contributed by atoms with E-state index in [4.69, 9.17) is 0 Å². The standard InChI is InChI=1S/Al.Ca.2Mg.9H. The van der Waals surface area contributed by atoms with Crippen molar-refractivity contribution in [3.05, 3.63) is 0 Å². The van der Waals surface area contributed by atoms with Gasteiger partial charge in [-0.3, -0.25) is 0 Å². The van der Waals surface area contributed by atoms with Crippen molar-refractivity contribution >= 4 is 101 Å². The molecule has 0 unspecified atom stereocenters. The topological polar surface area (TPSA) is 0 Å². The van der Waals surface area contributed by atoms with Gasteiger partial charge in [0.2, 0.25) is 0 Å². The van der Waals surface area contributed by atoms with Gasteiger partial charge in [-0.15, -0.1) is 0 Å². The van der Waals surface area contributed by atoms with Crippen molar-refractivity contribution in [2.24, 2.45) is 0 Å². The van der Waals surface area contributed by atoms with Gasteiger partial charge in [-0.2, -0.15) is 0 Å². The number of hydrogen-bond donors (Lipinski definition) is 0. The van der Waals surface area contributed by atoms with Crippen LogP contribution in [0.5, 0.6) is 0 Å². The average Bonchev–Trinajstić information content (AvgIpc) is 0. The van der Waals surface area contributed by atoms with Gasteiger partial charge in [0.25, 0.3) is 0 Å². The number of hydrogen-bond acceptors (Lipinski definition) is 0. The van der Waals surface area contributed by atoms with Crippen LogP contribution in [0.25, 0.3) is 0 Å². The molecule has 18 valence electrons. The van der Waals surface area contributed by atoms with Crippen LogP contribution >= 0.6 is 0 Å². The predicted octanol–water partition coefficient (Wildman–Crippen LogP) is -3.93. The molecule has 0 aromatic heterocycles. The van der Waals surface area contributed by atoms with Crippen LogP contribution in [0, 0.1) is 0 Å². The van der Waals surface area contributed by atoms with E-state index in [1.54, 1.807) is 0 Å². The fraction of sp³-hybridized carbons (Fsp3) is 0. The largest absolute Gasteiger partial charge is 0.316 e. The number of rotatable bonds is 0. The minimum Gasteiger partial charge on any atom is 0.316 e. The molecule has 0 aromatic carbocycles. The van der Waals surface area contributed by atoms with Gasteiger partial charge < -0.3 is 0 Å². The SMILES string of the molecule is [AlH3].[CaH2].[MgH2].[MgH2]. The molecule has 0 aliphatic rings. The Hall–Kier alpha value is 3.32. The molecule has 0 N–H and O–H groups in total. The Bertz CT molecular complexity index is 6.00. The van der Waals surface area contributed by atoms with E-state index in [1.807, 2.05) is 0 Å². The van der Waals surface area contributed by atoms with Gasteiger partial charge in [0.05, 0.1) is 0 Å². The Morgan fingerprint density at radius 2 is 0.750 bits per heavy atom. The second-order valence-electron chi connectivity index (χ2n) is 0. The Kier molecular flexibility index (Phi) is 108. The van der Waals surface area contributed by atoms with E-state index >= 15 is 0 Å². The van der Waals surface area contributed by atoms with Crippen molar-refractivity contribution < 1.29 is 0 Å². The van der Waals surface area contributed by atoms with Gasteiger partial charge in [-0.05, 0) is 0 Å². The average molecular weight is 125 g/mol. The van der Waals surface area contributed by atoms with E-state index < -0.39 is 0 Å². The summed E-state index contributed by atoms with van der Waals surface area (Å²) < 4.78 is 0. The summed E-state index contributed by atoms with van der Waals surface area (Å²) >= 11 is 0. The van der Waals surface area contributed by atoms with Crippen molar-refractivity contribution in [1.29, 1.82) is 0 Å². The zero-order valence-electron chi connectivity index (χ0n) is 0. The fourth-order valence-electron chi connectivity index (χ4n) is 0. The first-order valence-corrected chi connectivity index (χ1v) is 0. The van der Waals surface area contributed by atoms with E-state index in [1.165, 1.54) is 0 Å². The van der Waals surface area contributed by atoms with Gasteiger partial charge in [-0.1, -0.05) is 0 Å². The first kappa shape index (κ1) is 26.5. The van der Waals surface area contributed by atoms with Crippen molar-refractivity contribution in [3.8, 4) is 0 Å². The monoisotopic (exact) mass is 124 g/mol. The molecule has 0 rings (SSSR count).